The molecule has 5 nitrogen and oxygen atoms in total. The molecule has 5 heteroatoms. The number of aryl methyl sites for hydroxylation is 1. The van der Waals surface area contributed by atoms with Gasteiger partial charge in [0.1, 0.15) is 0 Å². The van der Waals surface area contributed by atoms with Gasteiger partial charge in [-0.2, -0.15) is 0 Å². The van der Waals surface area contributed by atoms with Gasteiger partial charge in [-0.1, -0.05) is 0 Å². The average Bonchev–Trinajstić information content (AvgIpc) is 2.47. The van der Waals surface area contributed by atoms with Gasteiger partial charge < -0.3 is 15.4 Å². The van der Waals surface area contributed by atoms with E-state index in [4.69, 9.17) is 4.74 Å². The highest BCUT2D eigenvalue weighted by molar-refractivity contribution is 5.95. The third-order valence-electron chi connectivity index (χ3n) is 3.61. The molecule has 0 unspecified atom stereocenters. The molecule has 108 valence electrons. The van der Waals surface area contributed by atoms with Crippen LogP contribution in [0.4, 0.5) is 5.69 Å². The van der Waals surface area contributed by atoms with Gasteiger partial charge in [-0.05, 0) is 56.6 Å². The smallest absolute Gasteiger partial charge is 0.338 e. The molecule has 1 amide bonds. The first-order valence-corrected chi connectivity index (χ1v) is 6.82. The van der Waals surface area contributed by atoms with E-state index in [9.17, 15) is 9.59 Å². The molecule has 1 aromatic carbocycles. The maximum Gasteiger partial charge on any atom is 0.338 e. The first kappa shape index (κ1) is 14.5. The van der Waals surface area contributed by atoms with Gasteiger partial charge in [-0.25, -0.2) is 4.79 Å². The monoisotopic (exact) mass is 276 g/mol. The lowest BCUT2D eigenvalue weighted by molar-refractivity contribution is -0.120. The van der Waals surface area contributed by atoms with E-state index in [0.717, 1.165) is 37.2 Å². The maximum atomic E-state index is 12.1. The second-order valence-corrected chi connectivity index (χ2v) is 5.03. The van der Waals surface area contributed by atoms with Gasteiger partial charge in [0.2, 0.25) is 5.91 Å². The predicted octanol–water partition coefficient (Wildman–Crippen LogP) is 1.72. The highest BCUT2D eigenvalue weighted by Crippen LogP contribution is 2.19. The molecule has 0 radical (unpaired) electrons. The van der Waals surface area contributed by atoms with Crippen LogP contribution in [-0.4, -0.2) is 32.1 Å². The Morgan fingerprint density at radius 1 is 1.30 bits per heavy atom. The molecule has 0 spiro atoms. The van der Waals surface area contributed by atoms with E-state index in [1.54, 1.807) is 18.2 Å². The SMILES string of the molecule is COC(=O)c1ccc(NC(=O)C2CCNCC2)cc1C. The zero-order chi connectivity index (χ0) is 14.5. The fourth-order valence-electron chi connectivity index (χ4n) is 2.41. The van der Waals surface area contributed by atoms with E-state index in [-0.39, 0.29) is 17.8 Å². The van der Waals surface area contributed by atoms with E-state index in [0.29, 0.717) is 5.56 Å². The molecule has 2 N–H and O–H groups in total. The normalized spacial score (nSPS) is 15.7. The second-order valence-electron chi connectivity index (χ2n) is 5.03. The predicted molar refractivity (Wildman–Crippen MR) is 76.7 cm³/mol. The molecule has 1 aliphatic heterocycles. The van der Waals surface area contributed by atoms with Gasteiger partial charge in [0.25, 0.3) is 0 Å². The van der Waals surface area contributed by atoms with Crippen molar-refractivity contribution >= 4 is 17.6 Å². The molecule has 0 aromatic heterocycles. The van der Waals surface area contributed by atoms with Crippen LogP contribution in [0.15, 0.2) is 18.2 Å². The molecule has 1 saturated heterocycles. The molecular weight excluding hydrogens is 256 g/mol. The van der Waals surface area contributed by atoms with Crippen molar-refractivity contribution in [3.63, 3.8) is 0 Å². The topological polar surface area (TPSA) is 67.4 Å². The Morgan fingerprint density at radius 2 is 2.00 bits per heavy atom. The summed E-state index contributed by atoms with van der Waals surface area (Å²) in [5.41, 5.74) is 2.03. The first-order chi connectivity index (χ1) is 9.61. The number of piperidine rings is 1. The van der Waals surface area contributed by atoms with Crippen LogP contribution in [0.25, 0.3) is 0 Å². The van der Waals surface area contributed by atoms with Crippen LogP contribution >= 0.6 is 0 Å². The third-order valence-corrected chi connectivity index (χ3v) is 3.61. The van der Waals surface area contributed by atoms with Gasteiger partial charge in [-0.3, -0.25) is 4.79 Å². The molecule has 1 fully saturated rings. The number of anilines is 1. The Labute approximate surface area is 118 Å². The van der Waals surface area contributed by atoms with E-state index < -0.39 is 0 Å². The Morgan fingerprint density at radius 3 is 2.60 bits per heavy atom. The number of ether oxygens (including phenoxy) is 1. The number of rotatable bonds is 3. The number of hydrogen-bond donors (Lipinski definition) is 2. The fourth-order valence-corrected chi connectivity index (χ4v) is 2.41. The fraction of sp³-hybridized carbons (Fsp3) is 0.467. The summed E-state index contributed by atoms with van der Waals surface area (Å²) in [6.07, 6.45) is 1.73. The van der Waals surface area contributed by atoms with Crippen molar-refractivity contribution in [2.24, 2.45) is 5.92 Å². The highest BCUT2D eigenvalue weighted by Gasteiger charge is 2.21. The van der Waals surface area contributed by atoms with Gasteiger partial charge in [0.05, 0.1) is 12.7 Å². The highest BCUT2D eigenvalue weighted by atomic mass is 16.5. The Bertz CT molecular complexity index is 508. The third kappa shape index (κ3) is 3.36. The van der Waals surface area contributed by atoms with Crippen LogP contribution in [0.3, 0.4) is 0 Å². The number of carbonyl (C=O) groups is 2. The number of amides is 1. The molecule has 0 atom stereocenters. The van der Waals surface area contributed by atoms with E-state index >= 15 is 0 Å². The van der Waals surface area contributed by atoms with Crippen molar-refractivity contribution in [3.8, 4) is 0 Å². The van der Waals surface area contributed by atoms with E-state index in [2.05, 4.69) is 10.6 Å². The van der Waals surface area contributed by atoms with Crippen molar-refractivity contribution in [3.05, 3.63) is 29.3 Å². The second kappa shape index (κ2) is 6.52. The minimum atomic E-state index is -0.362. The summed E-state index contributed by atoms with van der Waals surface area (Å²) in [6, 6.07) is 5.21. The summed E-state index contributed by atoms with van der Waals surface area (Å²) >= 11 is 0. The van der Waals surface area contributed by atoms with Gasteiger partial charge in [0.15, 0.2) is 0 Å². The van der Waals surface area contributed by atoms with Crippen LogP contribution in [-0.2, 0) is 9.53 Å². The Kier molecular flexibility index (Phi) is 4.74. The lowest BCUT2D eigenvalue weighted by Crippen LogP contribution is -2.34. The minimum Gasteiger partial charge on any atom is -0.465 e. The van der Waals surface area contributed by atoms with Crippen LogP contribution < -0.4 is 10.6 Å². The van der Waals surface area contributed by atoms with Crippen molar-refractivity contribution in [1.29, 1.82) is 0 Å². The van der Waals surface area contributed by atoms with Crippen LogP contribution in [0.5, 0.6) is 0 Å². The zero-order valence-electron chi connectivity index (χ0n) is 11.9. The van der Waals surface area contributed by atoms with E-state index in [1.807, 2.05) is 6.92 Å². The maximum absolute atomic E-state index is 12.1. The largest absolute Gasteiger partial charge is 0.465 e. The van der Waals surface area contributed by atoms with Crippen molar-refractivity contribution in [2.75, 3.05) is 25.5 Å². The van der Waals surface area contributed by atoms with Crippen molar-refractivity contribution < 1.29 is 14.3 Å². The van der Waals surface area contributed by atoms with Gasteiger partial charge in [-0.15, -0.1) is 0 Å². The van der Waals surface area contributed by atoms with Gasteiger partial charge >= 0.3 is 5.97 Å². The number of esters is 1. The van der Waals surface area contributed by atoms with Gasteiger partial charge in [0, 0.05) is 11.6 Å². The number of benzene rings is 1. The Hall–Kier alpha value is -1.88. The van der Waals surface area contributed by atoms with Crippen LogP contribution in [0, 0.1) is 12.8 Å². The molecule has 0 saturated carbocycles. The summed E-state index contributed by atoms with van der Waals surface area (Å²) in [5, 5.41) is 6.16. The summed E-state index contributed by atoms with van der Waals surface area (Å²) in [4.78, 5) is 23.6. The summed E-state index contributed by atoms with van der Waals surface area (Å²) in [7, 11) is 1.36. The average molecular weight is 276 g/mol. The number of nitrogens with one attached hydrogen (secondary N) is 2. The number of carbonyl (C=O) groups excluding carboxylic acids is 2. The quantitative estimate of drug-likeness (QED) is 0.825. The lowest BCUT2D eigenvalue weighted by Gasteiger charge is -2.21. The molecule has 1 aromatic rings. The number of methoxy groups -OCH3 is 1. The zero-order valence-corrected chi connectivity index (χ0v) is 11.9. The summed E-state index contributed by atoms with van der Waals surface area (Å²) in [5.74, 6) is -0.243. The summed E-state index contributed by atoms with van der Waals surface area (Å²) in [6.45, 7) is 3.60. The van der Waals surface area contributed by atoms with Crippen LogP contribution in [0.1, 0.15) is 28.8 Å². The molecule has 0 bridgehead atoms. The molecule has 1 heterocycles. The van der Waals surface area contributed by atoms with Crippen molar-refractivity contribution in [2.45, 2.75) is 19.8 Å². The minimum absolute atomic E-state index is 0.0525. The molecule has 20 heavy (non-hydrogen) atoms. The summed E-state index contributed by atoms with van der Waals surface area (Å²) < 4.78 is 4.70. The Balaban J connectivity index is 2.04. The van der Waals surface area contributed by atoms with Crippen LogP contribution in [0.2, 0.25) is 0 Å². The standard InChI is InChI=1S/C15H20N2O3/c1-10-9-12(3-4-13(10)15(19)20-2)17-14(18)11-5-7-16-8-6-11/h3-4,9,11,16H,5-8H2,1-2H3,(H,17,18). The lowest BCUT2D eigenvalue weighted by atomic mass is 9.97. The first-order valence-electron chi connectivity index (χ1n) is 6.82. The molecule has 1 aliphatic rings. The molecule has 0 aliphatic carbocycles. The molecular formula is C15H20N2O3. The molecule has 2 rings (SSSR count). The van der Waals surface area contributed by atoms with Crippen molar-refractivity contribution in [1.82, 2.24) is 5.32 Å². The number of hydrogen-bond acceptors (Lipinski definition) is 4. The van der Waals surface area contributed by atoms with E-state index in [1.165, 1.54) is 7.11 Å².